The van der Waals surface area contributed by atoms with Crippen molar-refractivity contribution in [3.8, 4) is 11.3 Å². The maximum atomic E-state index is 13.3. The van der Waals surface area contributed by atoms with Gasteiger partial charge in [-0.15, -0.1) is 0 Å². The Labute approximate surface area is 199 Å². The monoisotopic (exact) mass is 492 g/mol. The van der Waals surface area contributed by atoms with E-state index in [-0.39, 0.29) is 17.6 Å². The van der Waals surface area contributed by atoms with Crippen LogP contribution in [0.5, 0.6) is 0 Å². The van der Waals surface area contributed by atoms with Crippen LogP contribution >= 0.6 is 11.6 Å². The van der Waals surface area contributed by atoms with Crippen molar-refractivity contribution in [3.63, 3.8) is 0 Å². The fourth-order valence-electron chi connectivity index (χ4n) is 4.00. The summed E-state index contributed by atoms with van der Waals surface area (Å²) < 4.78 is 39.0. The summed E-state index contributed by atoms with van der Waals surface area (Å²) in [6, 6.07) is 7.49. The first-order valence-corrected chi connectivity index (χ1v) is 11.0. The summed E-state index contributed by atoms with van der Waals surface area (Å²) in [5, 5.41) is 2.83. The van der Waals surface area contributed by atoms with Crippen LogP contribution in [0.2, 0.25) is 5.02 Å². The second-order valence-electron chi connectivity index (χ2n) is 7.78. The van der Waals surface area contributed by atoms with Gasteiger partial charge in [0.2, 0.25) is 0 Å². The normalized spacial score (nSPS) is 16.2. The number of pyridine rings is 1. The van der Waals surface area contributed by atoms with Crippen molar-refractivity contribution in [1.82, 2.24) is 19.6 Å². The van der Waals surface area contributed by atoms with E-state index in [0.717, 1.165) is 0 Å². The highest BCUT2D eigenvalue weighted by molar-refractivity contribution is 6.33. The van der Waals surface area contributed by atoms with Gasteiger partial charge in [-0.3, -0.25) is 4.79 Å². The van der Waals surface area contributed by atoms with Gasteiger partial charge in [0.05, 0.1) is 42.8 Å². The summed E-state index contributed by atoms with van der Waals surface area (Å²) in [5.41, 5.74) is 2.27. The second kappa shape index (κ2) is 9.94. The highest BCUT2D eigenvalue weighted by Gasteiger charge is 2.28. The minimum atomic E-state index is -2.64. The number of ether oxygens (including phenoxy) is 2. The molecule has 1 aliphatic rings. The number of rotatable bonds is 5. The third-order valence-electron chi connectivity index (χ3n) is 5.71. The van der Waals surface area contributed by atoms with Gasteiger partial charge in [-0.05, 0) is 24.3 Å². The van der Waals surface area contributed by atoms with Crippen LogP contribution in [0.25, 0.3) is 16.9 Å². The predicted octanol–water partition coefficient (Wildman–Crippen LogP) is 3.96. The topological polar surface area (TPSA) is 85.2 Å². The molecule has 0 saturated carbocycles. The quantitative estimate of drug-likeness (QED) is 0.582. The van der Waals surface area contributed by atoms with Crippen molar-refractivity contribution in [2.24, 2.45) is 0 Å². The standard InChI is InChI=1S/C23H23ClF2N4O4/c1-27-22(31)14-3-4-16(17(24)9-14)20-18(11-15-12-29(7-8-34-15)23(32)33-2)30-6-5-13(21(25)26)10-19(30)28-20/h3-6,9-10,15,21H,7-8,11-12H2,1-2H3,(H,27,31). The molecule has 3 heterocycles. The van der Waals surface area contributed by atoms with Gasteiger partial charge in [-0.1, -0.05) is 17.7 Å². The lowest BCUT2D eigenvalue weighted by Crippen LogP contribution is -2.46. The summed E-state index contributed by atoms with van der Waals surface area (Å²) in [5.74, 6) is -0.288. The number of morpholine rings is 1. The van der Waals surface area contributed by atoms with Gasteiger partial charge in [0.15, 0.2) is 0 Å². The van der Waals surface area contributed by atoms with E-state index in [4.69, 9.17) is 21.1 Å². The number of nitrogens with one attached hydrogen (secondary N) is 1. The first-order chi connectivity index (χ1) is 16.3. The molecule has 2 aromatic heterocycles. The average molecular weight is 493 g/mol. The molecule has 0 radical (unpaired) electrons. The molecule has 1 fully saturated rings. The number of halogens is 3. The number of carbonyl (C=O) groups excluding carboxylic acids is 2. The van der Waals surface area contributed by atoms with Crippen LogP contribution in [0, 0.1) is 0 Å². The fraction of sp³-hybridized carbons (Fsp3) is 0.348. The van der Waals surface area contributed by atoms with Gasteiger partial charge >= 0.3 is 6.09 Å². The third kappa shape index (κ3) is 4.69. The van der Waals surface area contributed by atoms with Crippen LogP contribution in [-0.4, -0.2) is 66.2 Å². The third-order valence-corrected chi connectivity index (χ3v) is 6.02. The number of alkyl halides is 2. The number of methoxy groups -OCH3 is 1. The molecule has 1 unspecified atom stereocenters. The number of imidazole rings is 1. The summed E-state index contributed by atoms with van der Waals surface area (Å²) in [4.78, 5) is 30.1. The summed E-state index contributed by atoms with van der Waals surface area (Å²) in [6.07, 6.45) is -1.58. The van der Waals surface area contributed by atoms with E-state index >= 15 is 0 Å². The van der Waals surface area contributed by atoms with E-state index in [2.05, 4.69) is 10.3 Å². The Balaban J connectivity index is 1.77. The van der Waals surface area contributed by atoms with Crippen molar-refractivity contribution >= 4 is 29.2 Å². The molecule has 0 aliphatic carbocycles. The van der Waals surface area contributed by atoms with Gasteiger partial charge < -0.3 is 24.1 Å². The van der Waals surface area contributed by atoms with Crippen LogP contribution < -0.4 is 5.32 Å². The van der Waals surface area contributed by atoms with E-state index in [1.165, 1.54) is 38.6 Å². The molecular formula is C23H23ClF2N4O4. The van der Waals surface area contributed by atoms with Gasteiger partial charge in [0, 0.05) is 42.9 Å². The van der Waals surface area contributed by atoms with E-state index < -0.39 is 12.5 Å². The molecule has 34 heavy (non-hydrogen) atoms. The van der Waals surface area contributed by atoms with Crippen molar-refractivity contribution in [2.45, 2.75) is 19.0 Å². The van der Waals surface area contributed by atoms with E-state index in [0.29, 0.717) is 59.3 Å². The molecule has 180 valence electrons. The molecule has 1 atom stereocenters. The van der Waals surface area contributed by atoms with E-state index in [1.54, 1.807) is 21.4 Å². The number of hydrogen-bond donors (Lipinski definition) is 1. The van der Waals surface area contributed by atoms with Gasteiger partial charge in [0.1, 0.15) is 5.65 Å². The Kier molecular flexibility index (Phi) is 6.99. The number of fused-ring (bicyclic) bond motifs is 1. The summed E-state index contributed by atoms with van der Waals surface area (Å²) >= 11 is 6.52. The zero-order chi connectivity index (χ0) is 24.4. The lowest BCUT2D eigenvalue weighted by Gasteiger charge is -2.32. The van der Waals surface area contributed by atoms with Gasteiger partial charge in [-0.2, -0.15) is 0 Å². The zero-order valence-electron chi connectivity index (χ0n) is 18.6. The van der Waals surface area contributed by atoms with Crippen molar-refractivity contribution in [1.29, 1.82) is 0 Å². The van der Waals surface area contributed by atoms with Gasteiger partial charge in [-0.25, -0.2) is 18.6 Å². The van der Waals surface area contributed by atoms with Crippen molar-refractivity contribution in [3.05, 3.63) is 58.4 Å². The van der Waals surface area contributed by atoms with E-state index in [1.807, 2.05) is 0 Å². The smallest absolute Gasteiger partial charge is 0.409 e. The Morgan fingerprint density at radius 2 is 2.12 bits per heavy atom. The maximum Gasteiger partial charge on any atom is 0.409 e. The highest BCUT2D eigenvalue weighted by Crippen LogP contribution is 2.33. The molecule has 11 heteroatoms. The SMILES string of the molecule is CNC(=O)c1ccc(-c2nc3cc(C(F)F)ccn3c2CC2CN(C(=O)OC)CCO2)c(Cl)c1. The van der Waals surface area contributed by atoms with E-state index in [9.17, 15) is 18.4 Å². The number of hydrogen-bond acceptors (Lipinski definition) is 5. The van der Waals surface area contributed by atoms with Crippen LogP contribution in [0.3, 0.4) is 0 Å². The Morgan fingerprint density at radius 3 is 2.79 bits per heavy atom. The second-order valence-corrected chi connectivity index (χ2v) is 8.19. The van der Waals surface area contributed by atoms with Gasteiger partial charge in [0.25, 0.3) is 12.3 Å². The number of nitrogens with zero attached hydrogens (tertiary/aromatic N) is 3. The zero-order valence-corrected chi connectivity index (χ0v) is 19.3. The Hall–Kier alpha value is -3.24. The molecule has 0 bridgehead atoms. The molecule has 1 aromatic carbocycles. The number of benzene rings is 1. The molecule has 1 N–H and O–H groups in total. The number of amides is 2. The minimum absolute atomic E-state index is 0.151. The van der Waals surface area contributed by atoms with Crippen molar-refractivity contribution in [2.75, 3.05) is 33.9 Å². The molecule has 4 rings (SSSR count). The van der Waals surface area contributed by atoms with Crippen LogP contribution in [-0.2, 0) is 15.9 Å². The number of aromatic nitrogens is 2. The molecule has 1 aliphatic heterocycles. The molecule has 1 saturated heterocycles. The molecule has 3 aromatic rings. The maximum absolute atomic E-state index is 13.3. The van der Waals surface area contributed by atoms with Crippen LogP contribution in [0.4, 0.5) is 13.6 Å². The first-order valence-electron chi connectivity index (χ1n) is 10.6. The summed E-state index contributed by atoms with van der Waals surface area (Å²) in [6.45, 7) is 1.05. The predicted molar refractivity (Wildman–Crippen MR) is 121 cm³/mol. The summed E-state index contributed by atoms with van der Waals surface area (Å²) in [7, 11) is 2.84. The van der Waals surface area contributed by atoms with Crippen LogP contribution in [0.1, 0.15) is 28.0 Å². The minimum Gasteiger partial charge on any atom is -0.453 e. The Morgan fingerprint density at radius 1 is 1.32 bits per heavy atom. The lowest BCUT2D eigenvalue weighted by molar-refractivity contribution is -0.0241. The van der Waals surface area contributed by atoms with Crippen LogP contribution in [0.15, 0.2) is 36.5 Å². The fourth-order valence-corrected chi connectivity index (χ4v) is 4.27. The highest BCUT2D eigenvalue weighted by atomic mass is 35.5. The Bertz CT molecular complexity index is 1230. The molecule has 2 amide bonds. The van der Waals surface area contributed by atoms with Crippen molar-refractivity contribution < 1.29 is 27.8 Å². The lowest BCUT2D eigenvalue weighted by atomic mass is 10.0. The molecule has 8 nitrogen and oxygen atoms in total. The first kappa shape index (κ1) is 23.9. The molecular weight excluding hydrogens is 470 g/mol. The average Bonchev–Trinajstić information content (AvgIpc) is 3.20. The molecule has 0 spiro atoms. The largest absolute Gasteiger partial charge is 0.453 e. The number of carbonyl (C=O) groups is 2.